The van der Waals surface area contributed by atoms with E-state index in [9.17, 15) is 4.39 Å². The highest BCUT2D eigenvalue weighted by Crippen LogP contribution is 2.21. The molecule has 0 radical (unpaired) electrons. The Morgan fingerprint density at radius 1 is 1.33 bits per heavy atom. The minimum absolute atomic E-state index is 0.280. The predicted molar refractivity (Wildman–Crippen MR) is 75.6 cm³/mol. The van der Waals surface area contributed by atoms with E-state index in [0.29, 0.717) is 13.2 Å². The van der Waals surface area contributed by atoms with Gasteiger partial charge in [-0.25, -0.2) is 4.39 Å². The van der Waals surface area contributed by atoms with Gasteiger partial charge in [0.05, 0.1) is 0 Å². The third-order valence-electron chi connectivity index (χ3n) is 2.31. The maximum atomic E-state index is 13.3. The summed E-state index contributed by atoms with van der Waals surface area (Å²) in [7, 11) is 0. The van der Waals surface area contributed by atoms with Crippen molar-refractivity contribution in [1.82, 2.24) is 5.32 Å². The fraction of sp³-hybridized carbons (Fsp3) is 0.231. The first-order chi connectivity index (χ1) is 8.75. The molecule has 96 valence electrons. The maximum Gasteiger partial charge on any atom is 0.165 e. The fourth-order valence-electron chi connectivity index (χ4n) is 1.45. The first-order valence-electron chi connectivity index (χ1n) is 5.56. The zero-order chi connectivity index (χ0) is 12.8. The number of thiophene rings is 1. The molecule has 1 aromatic heterocycles. The molecule has 0 spiro atoms. The fourth-order valence-corrected chi connectivity index (χ4v) is 2.46. The number of rotatable bonds is 6. The molecule has 18 heavy (non-hydrogen) atoms. The standard InChI is InChI=1S/C13H13BrFNOS/c14-10-3-4-12(15)13(8-10)17-6-5-16-9-11-2-1-7-18-11/h1-4,7-8,16H,5-6,9H2. The van der Waals surface area contributed by atoms with Crippen LogP contribution in [-0.4, -0.2) is 13.2 Å². The van der Waals surface area contributed by atoms with E-state index in [2.05, 4.69) is 27.3 Å². The lowest BCUT2D eigenvalue weighted by Crippen LogP contribution is -2.20. The van der Waals surface area contributed by atoms with Crippen molar-refractivity contribution in [2.24, 2.45) is 0 Å². The molecular formula is C13H13BrFNOS. The summed E-state index contributed by atoms with van der Waals surface area (Å²) in [4.78, 5) is 1.28. The van der Waals surface area contributed by atoms with Crippen LogP contribution < -0.4 is 10.1 Å². The second kappa shape index (κ2) is 6.87. The Morgan fingerprint density at radius 2 is 2.22 bits per heavy atom. The maximum absolute atomic E-state index is 13.3. The van der Waals surface area contributed by atoms with Crippen LogP contribution in [0, 0.1) is 5.82 Å². The molecule has 0 saturated carbocycles. The first kappa shape index (κ1) is 13.5. The van der Waals surface area contributed by atoms with Gasteiger partial charge in [-0.2, -0.15) is 0 Å². The van der Waals surface area contributed by atoms with Crippen LogP contribution in [0.1, 0.15) is 4.88 Å². The molecule has 2 rings (SSSR count). The predicted octanol–water partition coefficient (Wildman–Crippen LogP) is 3.82. The average molecular weight is 330 g/mol. The summed E-state index contributed by atoms with van der Waals surface area (Å²) in [5.74, 6) is -0.0567. The molecule has 0 aliphatic carbocycles. The number of ether oxygens (including phenoxy) is 1. The van der Waals surface area contributed by atoms with Crippen LogP contribution in [0.25, 0.3) is 0 Å². The largest absolute Gasteiger partial charge is 0.489 e. The van der Waals surface area contributed by atoms with Crippen LogP contribution in [0.2, 0.25) is 0 Å². The van der Waals surface area contributed by atoms with E-state index < -0.39 is 0 Å². The van der Waals surface area contributed by atoms with Gasteiger partial charge in [0.1, 0.15) is 6.61 Å². The summed E-state index contributed by atoms with van der Waals surface area (Å²) in [5.41, 5.74) is 0. The number of benzene rings is 1. The van der Waals surface area contributed by atoms with E-state index in [-0.39, 0.29) is 11.6 Å². The Morgan fingerprint density at radius 3 is 3.00 bits per heavy atom. The molecule has 0 amide bonds. The molecule has 0 bridgehead atoms. The quantitative estimate of drug-likeness (QED) is 0.813. The summed E-state index contributed by atoms with van der Waals surface area (Å²) < 4.78 is 19.5. The SMILES string of the molecule is Fc1ccc(Br)cc1OCCNCc1cccs1. The molecule has 1 N–H and O–H groups in total. The Hall–Kier alpha value is -0.910. The lowest BCUT2D eigenvalue weighted by molar-refractivity contribution is 0.298. The topological polar surface area (TPSA) is 21.3 Å². The highest BCUT2D eigenvalue weighted by Gasteiger charge is 2.03. The monoisotopic (exact) mass is 329 g/mol. The van der Waals surface area contributed by atoms with Gasteiger partial charge in [0.25, 0.3) is 0 Å². The molecule has 1 aromatic carbocycles. The summed E-state index contributed by atoms with van der Waals surface area (Å²) in [6.45, 7) is 1.95. The molecule has 0 aliphatic rings. The molecule has 2 aromatic rings. The Kier molecular flexibility index (Phi) is 5.16. The summed E-state index contributed by atoms with van der Waals surface area (Å²) >= 11 is 5.00. The van der Waals surface area contributed by atoms with E-state index in [1.54, 1.807) is 23.5 Å². The van der Waals surface area contributed by atoms with Crippen molar-refractivity contribution in [2.75, 3.05) is 13.2 Å². The molecule has 0 unspecified atom stereocenters. The van der Waals surface area contributed by atoms with Crippen molar-refractivity contribution >= 4 is 27.3 Å². The average Bonchev–Trinajstić information content (AvgIpc) is 2.86. The second-order valence-corrected chi connectivity index (χ2v) is 5.63. The van der Waals surface area contributed by atoms with Crippen molar-refractivity contribution in [3.05, 3.63) is 50.9 Å². The van der Waals surface area contributed by atoms with Gasteiger partial charge < -0.3 is 10.1 Å². The Labute approximate surface area is 118 Å². The zero-order valence-electron chi connectivity index (χ0n) is 9.66. The number of nitrogens with one attached hydrogen (secondary N) is 1. The molecule has 5 heteroatoms. The molecule has 0 atom stereocenters. The highest BCUT2D eigenvalue weighted by atomic mass is 79.9. The van der Waals surface area contributed by atoms with E-state index in [4.69, 9.17) is 4.74 Å². The van der Waals surface area contributed by atoms with Crippen molar-refractivity contribution < 1.29 is 9.13 Å². The molecule has 2 nitrogen and oxygen atoms in total. The summed E-state index contributed by atoms with van der Waals surface area (Å²) in [6, 6.07) is 8.77. The second-order valence-electron chi connectivity index (χ2n) is 3.68. The van der Waals surface area contributed by atoms with Gasteiger partial charge in [-0.05, 0) is 29.6 Å². The normalized spacial score (nSPS) is 10.6. The van der Waals surface area contributed by atoms with E-state index in [1.807, 2.05) is 11.4 Å². The van der Waals surface area contributed by atoms with Crippen LogP contribution in [0.5, 0.6) is 5.75 Å². The van der Waals surface area contributed by atoms with Crippen LogP contribution in [0.15, 0.2) is 40.2 Å². The third-order valence-corrected chi connectivity index (χ3v) is 3.68. The molecule has 1 heterocycles. The van der Waals surface area contributed by atoms with Crippen LogP contribution in [0.3, 0.4) is 0 Å². The first-order valence-corrected chi connectivity index (χ1v) is 7.24. The van der Waals surface area contributed by atoms with Gasteiger partial charge in [0.2, 0.25) is 0 Å². The van der Waals surface area contributed by atoms with Crippen LogP contribution >= 0.6 is 27.3 Å². The molecule has 0 saturated heterocycles. The third kappa shape index (κ3) is 4.08. The van der Waals surface area contributed by atoms with Gasteiger partial charge in [-0.3, -0.25) is 0 Å². The van der Waals surface area contributed by atoms with E-state index in [0.717, 1.165) is 11.0 Å². The van der Waals surface area contributed by atoms with Crippen LogP contribution in [-0.2, 0) is 6.54 Å². The summed E-state index contributed by atoms with van der Waals surface area (Å²) in [6.07, 6.45) is 0. The number of hydrogen-bond acceptors (Lipinski definition) is 3. The Bertz CT molecular complexity index is 490. The van der Waals surface area contributed by atoms with Crippen molar-refractivity contribution in [2.45, 2.75) is 6.54 Å². The molecule has 0 aliphatic heterocycles. The van der Waals surface area contributed by atoms with Crippen LogP contribution in [0.4, 0.5) is 4.39 Å². The lowest BCUT2D eigenvalue weighted by Gasteiger charge is -2.08. The lowest BCUT2D eigenvalue weighted by atomic mass is 10.3. The minimum Gasteiger partial charge on any atom is -0.489 e. The van der Waals surface area contributed by atoms with E-state index >= 15 is 0 Å². The molecular weight excluding hydrogens is 317 g/mol. The van der Waals surface area contributed by atoms with E-state index in [1.165, 1.54) is 10.9 Å². The Balaban J connectivity index is 1.70. The molecule has 0 fully saturated rings. The number of halogens is 2. The van der Waals surface area contributed by atoms with Crippen molar-refractivity contribution in [3.8, 4) is 5.75 Å². The van der Waals surface area contributed by atoms with Crippen molar-refractivity contribution in [3.63, 3.8) is 0 Å². The zero-order valence-corrected chi connectivity index (χ0v) is 12.1. The van der Waals surface area contributed by atoms with Gasteiger partial charge in [0.15, 0.2) is 11.6 Å². The highest BCUT2D eigenvalue weighted by molar-refractivity contribution is 9.10. The van der Waals surface area contributed by atoms with Gasteiger partial charge in [0, 0.05) is 22.4 Å². The minimum atomic E-state index is -0.337. The number of hydrogen-bond donors (Lipinski definition) is 1. The van der Waals surface area contributed by atoms with Gasteiger partial charge in [-0.15, -0.1) is 11.3 Å². The van der Waals surface area contributed by atoms with Crippen molar-refractivity contribution in [1.29, 1.82) is 0 Å². The summed E-state index contributed by atoms with van der Waals surface area (Å²) in [5, 5.41) is 5.29. The smallest absolute Gasteiger partial charge is 0.165 e. The van der Waals surface area contributed by atoms with Gasteiger partial charge in [-0.1, -0.05) is 22.0 Å². The van der Waals surface area contributed by atoms with Gasteiger partial charge >= 0.3 is 0 Å².